The number of esters is 1. The van der Waals surface area contributed by atoms with Gasteiger partial charge in [-0.15, -0.1) is 21.5 Å². The highest BCUT2D eigenvalue weighted by Gasteiger charge is 2.18. The SMILES string of the molecule is COC(=O)C(C)Sc1nncn1CCc1cccs1. The van der Waals surface area contributed by atoms with E-state index in [2.05, 4.69) is 21.6 Å². The smallest absolute Gasteiger partial charge is 0.318 e. The van der Waals surface area contributed by atoms with Crippen molar-refractivity contribution in [3.63, 3.8) is 0 Å². The number of thiophene rings is 1. The molecule has 0 aliphatic heterocycles. The normalized spacial score (nSPS) is 12.3. The van der Waals surface area contributed by atoms with Crippen molar-refractivity contribution in [1.82, 2.24) is 14.8 Å². The van der Waals surface area contributed by atoms with Crippen LogP contribution in [0.5, 0.6) is 0 Å². The van der Waals surface area contributed by atoms with Crippen LogP contribution in [0.1, 0.15) is 11.8 Å². The van der Waals surface area contributed by atoms with E-state index in [4.69, 9.17) is 4.74 Å². The zero-order valence-corrected chi connectivity index (χ0v) is 12.4. The van der Waals surface area contributed by atoms with E-state index in [9.17, 15) is 4.79 Å². The number of carbonyl (C=O) groups excluding carboxylic acids is 1. The zero-order valence-electron chi connectivity index (χ0n) is 10.8. The number of carbonyl (C=O) groups is 1. The molecule has 0 saturated heterocycles. The van der Waals surface area contributed by atoms with Crippen molar-refractivity contribution in [2.75, 3.05) is 7.11 Å². The monoisotopic (exact) mass is 297 g/mol. The van der Waals surface area contributed by atoms with E-state index in [1.807, 2.05) is 10.6 Å². The molecule has 1 unspecified atom stereocenters. The van der Waals surface area contributed by atoms with Gasteiger partial charge in [-0.2, -0.15) is 0 Å². The first-order valence-electron chi connectivity index (χ1n) is 5.85. The van der Waals surface area contributed by atoms with Gasteiger partial charge in [-0.05, 0) is 24.8 Å². The third-order valence-corrected chi connectivity index (χ3v) is 4.58. The van der Waals surface area contributed by atoms with Gasteiger partial charge >= 0.3 is 5.97 Å². The maximum Gasteiger partial charge on any atom is 0.318 e. The Hall–Kier alpha value is -1.34. The molecule has 0 radical (unpaired) electrons. The Morgan fingerprint density at radius 3 is 3.16 bits per heavy atom. The number of thioether (sulfide) groups is 1. The highest BCUT2D eigenvalue weighted by Crippen LogP contribution is 2.22. The first kappa shape index (κ1) is 14.1. The molecular formula is C12H15N3O2S2. The van der Waals surface area contributed by atoms with Crippen LogP contribution in [-0.2, 0) is 22.5 Å². The lowest BCUT2D eigenvalue weighted by Gasteiger charge is -2.09. The van der Waals surface area contributed by atoms with Crippen LogP contribution in [0.3, 0.4) is 0 Å². The minimum absolute atomic E-state index is 0.252. The predicted octanol–water partition coefficient (Wildman–Crippen LogP) is 2.24. The molecule has 0 aliphatic rings. The Bertz CT molecular complexity index is 525. The maximum absolute atomic E-state index is 11.4. The van der Waals surface area contributed by atoms with Gasteiger partial charge in [0, 0.05) is 11.4 Å². The molecule has 5 nitrogen and oxygen atoms in total. The Morgan fingerprint density at radius 1 is 1.63 bits per heavy atom. The minimum Gasteiger partial charge on any atom is -0.468 e. The molecule has 0 aromatic carbocycles. The second-order valence-corrected chi connectivity index (χ2v) is 6.26. The molecule has 1 atom stereocenters. The average molecular weight is 297 g/mol. The second kappa shape index (κ2) is 6.72. The fraction of sp³-hybridized carbons (Fsp3) is 0.417. The Kier molecular flexibility index (Phi) is 4.98. The summed E-state index contributed by atoms with van der Waals surface area (Å²) in [6, 6.07) is 4.15. The number of rotatable bonds is 6. The number of hydrogen-bond acceptors (Lipinski definition) is 6. The second-order valence-electron chi connectivity index (χ2n) is 3.92. The Labute approximate surface area is 120 Å². The lowest BCUT2D eigenvalue weighted by molar-refractivity contribution is -0.139. The van der Waals surface area contributed by atoms with E-state index in [1.54, 1.807) is 24.6 Å². The van der Waals surface area contributed by atoms with Gasteiger partial charge in [-0.3, -0.25) is 4.79 Å². The van der Waals surface area contributed by atoms with Crippen LogP contribution in [0.25, 0.3) is 0 Å². The van der Waals surface area contributed by atoms with Crippen molar-refractivity contribution in [1.29, 1.82) is 0 Å². The standard InChI is InChI=1S/C12H15N3O2S2/c1-9(11(16)17-2)19-12-14-13-8-15(12)6-5-10-4-3-7-18-10/h3-4,7-9H,5-6H2,1-2H3. The van der Waals surface area contributed by atoms with Crippen molar-refractivity contribution < 1.29 is 9.53 Å². The first-order valence-corrected chi connectivity index (χ1v) is 7.61. The third-order valence-electron chi connectivity index (χ3n) is 2.57. The molecular weight excluding hydrogens is 282 g/mol. The van der Waals surface area contributed by atoms with Crippen LogP contribution < -0.4 is 0 Å². The topological polar surface area (TPSA) is 57.0 Å². The largest absolute Gasteiger partial charge is 0.468 e. The Morgan fingerprint density at radius 2 is 2.47 bits per heavy atom. The van der Waals surface area contributed by atoms with Crippen molar-refractivity contribution in [2.45, 2.75) is 30.3 Å². The quantitative estimate of drug-likeness (QED) is 0.604. The number of hydrogen-bond donors (Lipinski definition) is 0. The van der Waals surface area contributed by atoms with Crippen LogP contribution in [0, 0.1) is 0 Å². The minimum atomic E-state index is -0.283. The third kappa shape index (κ3) is 3.81. The van der Waals surface area contributed by atoms with E-state index in [1.165, 1.54) is 23.7 Å². The van der Waals surface area contributed by atoms with E-state index >= 15 is 0 Å². The fourth-order valence-electron chi connectivity index (χ4n) is 1.55. The molecule has 2 aromatic heterocycles. The van der Waals surface area contributed by atoms with Crippen molar-refractivity contribution in [3.05, 3.63) is 28.7 Å². The van der Waals surface area contributed by atoms with Gasteiger partial charge in [0.1, 0.15) is 11.6 Å². The highest BCUT2D eigenvalue weighted by atomic mass is 32.2. The summed E-state index contributed by atoms with van der Waals surface area (Å²) in [7, 11) is 1.39. The molecule has 0 spiro atoms. The lowest BCUT2D eigenvalue weighted by atomic mass is 10.3. The molecule has 102 valence electrons. The predicted molar refractivity (Wildman–Crippen MR) is 75.4 cm³/mol. The number of nitrogens with zero attached hydrogens (tertiary/aromatic N) is 3. The molecule has 0 bridgehead atoms. The number of aryl methyl sites for hydroxylation is 2. The molecule has 0 N–H and O–H groups in total. The van der Waals surface area contributed by atoms with Crippen LogP contribution in [-0.4, -0.2) is 33.1 Å². The first-order chi connectivity index (χ1) is 9.20. The van der Waals surface area contributed by atoms with Crippen LogP contribution in [0.15, 0.2) is 29.0 Å². The van der Waals surface area contributed by atoms with Crippen LogP contribution in [0.4, 0.5) is 0 Å². The number of methoxy groups -OCH3 is 1. The average Bonchev–Trinajstić information content (AvgIpc) is 3.06. The van der Waals surface area contributed by atoms with Gasteiger partial charge in [0.15, 0.2) is 5.16 Å². The van der Waals surface area contributed by atoms with Gasteiger partial charge in [-0.1, -0.05) is 17.8 Å². The molecule has 0 saturated carbocycles. The van der Waals surface area contributed by atoms with E-state index in [0.29, 0.717) is 0 Å². The summed E-state index contributed by atoms with van der Waals surface area (Å²) in [5.41, 5.74) is 0. The van der Waals surface area contributed by atoms with Gasteiger partial charge in [0.05, 0.1) is 7.11 Å². The summed E-state index contributed by atoms with van der Waals surface area (Å²) in [6.07, 6.45) is 2.63. The van der Waals surface area contributed by atoms with E-state index in [0.717, 1.165) is 18.1 Å². The van der Waals surface area contributed by atoms with Gasteiger partial charge in [-0.25, -0.2) is 0 Å². The summed E-state index contributed by atoms with van der Waals surface area (Å²) in [5.74, 6) is -0.252. The zero-order chi connectivity index (χ0) is 13.7. The summed E-state index contributed by atoms with van der Waals surface area (Å²) >= 11 is 3.10. The lowest BCUT2D eigenvalue weighted by Crippen LogP contribution is -2.15. The maximum atomic E-state index is 11.4. The number of ether oxygens (including phenoxy) is 1. The molecule has 19 heavy (non-hydrogen) atoms. The summed E-state index contributed by atoms with van der Waals surface area (Å²) in [5, 5.41) is 10.5. The molecule has 2 heterocycles. The molecule has 2 rings (SSSR count). The molecule has 0 aliphatic carbocycles. The van der Waals surface area contributed by atoms with Crippen molar-refractivity contribution >= 4 is 29.1 Å². The van der Waals surface area contributed by atoms with Crippen molar-refractivity contribution in [3.8, 4) is 0 Å². The molecule has 7 heteroatoms. The van der Waals surface area contributed by atoms with Crippen LogP contribution in [0.2, 0.25) is 0 Å². The van der Waals surface area contributed by atoms with E-state index in [-0.39, 0.29) is 11.2 Å². The molecule has 0 amide bonds. The molecule has 0 fully saturated rings. The van der Waals surface area contributed by atoms with Crippen LogP contribution >= 0.6 is 23.1 Å². The van der Waals surface area contributed by atoms with Gasteiger partial charge in [0.25, 0.3) is 0 Å². The summed E-state index contributed by atoms with van der Waals surface area (Å²) in [4.78, 5) is 12.7. The van der Waals surface area contributed by atoms with Crippen molar-refractivity contribution in [2.24, 2.45) is 0 Å². The molecule has 2 aromatic rings. The van der Waals surface area contributed by atoms with Gasteiger partial charge in [0.2, 0.25) is 0 Å². The summed E-state index contributed by atoms with van der Waals surface area (Å²) in [6.45, 7) is 2.61. The highest BCUT2D eigenvalue weighted by molar-refractivity contribution is 8.00. The van der Waals surface area contributed by atoms with E-state index < -0.39 is 0 Å². The fourth-order valence-corrected chi connectivity index (χ4v) is 3.12. The number of aromatic nitrogens is 3. The summed E-state index contributed by atoms with van der Waals surface area (Å²) < 4.78 is 6.67. The Balaban J connectivity index is 1.95. The van der Waals surface area contributed by atoms with Gasteiger partial charge < -0.3 is 9.30 Å².